The van der Waals surface area contributed by atoms with Crippen LogP contribution in [0.1, 0.15) is 29.8 Å². The summed E-state index contributed by atoms with van der Waals surface area (Å²) in [6.45, 7) is 4.66. The topological polar surface area (TPSA) is 38.3 Å². The molecule has 0 heterocycles. The van der Waals surface area contributed by atoms with Crippen LogP contribution in [0.3, 0.4) is 0 Å². The second-order valence-electron chi connectivity index (χ2n) is 3.79. The quantitative estimate of drug-likeness (QED) is 0.563. The Morgan fingerprint density at radius 3 is 2.43 bits per heavy atom. The Morgan fingerprint density at radius 1 is 1.14 bits per heavy atom. The van der Waals surface area contributed by atoms with Gasteiger partial charge in [0.1, 0.15) is 0 Å². The van der Waals surface area contributed by atoms with Crippen LogP contribution in [0.25, 0.3) is 0 Å². The van der Waals surface area contributed by atoms with Gasteiger partial charge in [-0.05, 0) is 16.8 Å². The molecule has 0 saturated carbocycles. The van der Waals surface area contributed by atoms with Gasteiger partial charge in [0.25, 0.3) is 5.97 Å². The van der Waals surface area contributed by atoms with E-state index in [-0.39, 0.29) is 27.0 Å². The molecule has 0 aromatic heterocycles. The van der Waals surface area contributed by atoms with Gasteiger partial charge in [0.2, 0.25) is 0 Å². The molecule has 0 amide bonds. The first kappa shape index (κ1) is 19.4. The molecule has 2 aromatic rings. The number of benzene rings is 2. The second-order valence-corrected chi connectivity index (χ2v) is 3.79. The molecule has 0 aliphatic rings. The summed E-state index contributed by atoms with van der Waals surface area (Å²) in [5.74, 6) is -0.383. The largest absolute Gasteiger partial charge is 0.509 e. The van der Waals surface area contributed by atoms with Crippen molar-refractivity contribution in [3.05, 3.63) is 65.7 Å². The molecular weight excluding hydrogens is 434 g/mol. The molecule has 0 saturated heterocycles. The van der Waals surface area contributed by atoms with Crippen LogP contribution >= 0.6 is 0 Å². The predicted molar refractivity (Wildman–Crippen MR) is 81.7 cm³/mol. The number of carbonyl (C=O) groups excluding carboxylic acids is 1. The van der Waals surface area contributed by atoms with Crippen molar-refractivity contribution >= 4 is 11.7 Å². The number of rotatable bonds is 4. The van der Waals surface area contributed by atoms with Gasteiger partial charge in [-0.15, -0.1) is 24.3 Å². The Labute approximate surface area is 141 Å². The third-order valence-corrected chi connectivity index (χ3v) is 2.57. The molecule has 0 bridgehead atoms. The smallest absolute Gasteiger partial charge is 0.251 e. The minimum atomic E-state index is -0.383. The SMILES string of the molecule is CC.COC(=O)c1[c-]cccc1NCc1ccccc1.[W]. The zero-order chi connectivity index (χ0) is 14.8. The molecule has 3 nitrogen and oxygen atoms in total. The van der Waals surface area contributed by atoms with Gasteiger partial charge in [0.05, 0.1) is 7.11 Å². The van der Waals surface area contributed by atoms with E-state index >= 15 is 0 Å². The van der Waals surface area contributed by atoms with Crippen molar-refractivity contribution in [2.24, 2.45) is 0 Å². The van der Waals surface area contributed by atoms with Gasteiger partial charge in [0.15, 0.2) is 0 Å². The fraction of sp³-hybridized carbons (Fsp3) is 0.235. The average molecular weight is 454 g/mol. The Balaban J connectivity index is 0.00000128. The predicted octanol–water partition coefficient (Wildman–Crippen LogP) is 3.91. The molecule has 2 rings (SSSR count). The van der Waals surface area contributed by atoms with Crippen LogP contribution in [0.4, 0.5) is 5.69 Å². The van der Waals surface area contributed by atoms with Crippen LogP contribution in [0, 0.1) is 6.07 Å². The van der Waals surface area contributed by atoms with Crippen molar-refractivity contribution < 1.29 is 30.6 Å². The summed E-state index contributed by atoms with van der Waals surface area (Å²) < 4.78 is 4.72. The Bertz CT molecular complexity index is 529. The van der Waals surface area contributed by atoms with Gasteiger partial charge in [-0.25, -0.2) is 0 Å². The molecule has 0 atom stereocenters. The summed E-state index contributed by atoms with van der Waals surface area (Å²) >= 11 is 0. The number of carbonyl (C=O) groups is 1. The van der Waals surface area contributed by atoms with E-state index in [1.54, 1.807) is 6.07 Å². The maximum atomic E-state index is 11.6. The summed E-state index contributed by atoms with van der Waals surface area (Å²) in [6, 6.07) is 18.2. The molecule has 0 unspecified atom stereocenters. The summed E-state index contributed by atoms with van der Waals surface area (Å²) in [4.78, 5) is 11.6. The maximum absolute atomic E-state index is 11.6. The number of ether oxygens (including phenoxy) is 1. The van der Waals surface area contributed by atoms with Gasteiger partial charge in [0, 0.05) is 27.6 Å². The number of anilines is 1. The number of esters is 1. The second kappa shape index (κ2) is 11.1. The first-order valence-electron chi connectivity index (χ1n) is 6.68. The van der Waals surface area contributed by atoms with Gasteiger partial charge in [-0.1, -0.05) is 44.2 Å². The van der Waals surface area contributed by atoms with Crippen molar-refractivity contribution in [1.29, 1.82) is 0 Å². The normalized spacial score (nSPS) is 8.71. The van der Waals surface area contributed by atoms with Crippen LogP contribution in [-0.4, -0.2) is 13.1 Å². The number of hydrogen-bond acceptors (Lipinski definition) is 3. The summed E-state index contributed by atoms with van der Waals surface area (Å²) in [5.41, 5.74) is 2.31. The number of nitrogens with one attached hydrogen (secondary N) is 1. The molecule has 0 spiro atoms. The average Bonchev–Trinajstić information content (AvgIpc) is 2.55. The Kier molecular flexibility index (Phi) is 10.3. The molecule has 0 aliphatic heterocycles. The summed E-state index contributed by atoms with van der Waals surface area (Å²) in [5, 5.41) is 3.21. The molecule has 0 radical (unpaired) electrons. The van der Waals surface area contributed by atoms with Crippen molar-refractivity contribution in [2.75, 3.05) is 12.4 Å². The van der Waals surface area contributed by atoms with E-state index in [0.29, 0.717) is 12.1 Å². The monoisotopic (exact) mass is 454 g/mol. The van der Waals surface area contributed by atoms with Crippen molar-refractivity contribution in [2.45, 2.75) is 20.4 Å². The molecule has 21 heavy (non-hydrogen) atoms. The molecule has 2 aromatic carbocycles. The first-order chi connectivity index (χ1) is 9.81. The number of methoxy groups -OCH3 is 1. The van der Waals surface area contributed by atoms with E-state index in [1.165, 1.54) is 7.11 Å². The van der Waals surface area contributed by atoms with Crippen LogP contribution in [0.5, 0.6) is 0 Å². The van der Waals surface area contributed by atoms with E-state index in [0.717, 1.165) is 11.3 Å². The van der Waals surface area contributed by atoms with Crippen LogP contribution < -0.4 is 5.32 Å². The van der Waals surface area contributed by atoms with E-state index in [1.807, 2.05) is 56.3 Å². The zero-order valence-electron chi connectivity index (χ0n) is 12.6. The molecule has 0 aliphatic carbocycles. The summed E-state index contributed by atoms with van der Waals surface area (Å²) in [6.07, 6.45) is 0. The standard InChI is InChI=1S/C15H14NO2.C2H6.W/c1-18-15(17)13-9-5-6-10-14(13)16-11-12-7-3-2-4-8-12;1-2;/h2-8,10,16H,11H2,1H3;1-2H3;/q-1;;. The minimum absolute atomic E-state index is 0. The molecule has 1 N–H and O–H groups in total. The van der Waals surface area contributed by atoms with Crippen molar-refractivity contribution in [1.82, 2.24) is 0 Å². The van der Waals surface area contributed by atoms with Crippen LogP contribution in [0.2, 0.25) is 0 Å². The van der Waals surface area contributed by atoms with Crippen LogP contribution in [-0.2, 0) is 32.3 Å². The molecule has 4 heteroatoms. The van der Waals surface area contributed by atoms with Gasteiger partial charge >= 0.3 is 0 Å². The molecule has 0 fully saturated rings. The van der Waals surface area contributed by atoms with E-state index in [2.05, 4.69) is 11.4 Å². The Hall–Kier alpha value is -1.60. The fourth-order valence-corrected chi connectivity index (χ4v) is 1.65. The zero-order valence-corrected chi connectivity index (χ0v) is 15.5. The third-order valence-electron chi connectivity index (χ3n) is 2.57. The fourth-order valence-electron chi connectivity index (χ4n) is 1.65. The maximum Gasteiger partial charge on any atom is 0.251 e. The Morgan fingerprint density at radius 2 is 1.81 bits per heavy atom. The number of hydrogen-bond donors (Lipinski definition) is 1. The van der Waals surface area contributed by atoms with Gasteiger partial charge in [-0.2, -0.15) is 0 Å². The van der Waals surface area contributed by atoms with E-state index in [9.17, 15) is 4.79 Å². The van der Waals surface area contributed by atoms with E-state index < -0.39 is 0 Å². The minimum Gasteiger partial charge on any atom is -0.509 e. The van der Waals surface area contributed by atoms with Gasteiger partial charge < -0.3 is 14.8 Å². The molecule has 112 valence electrons. The molecular formula is C17H20NO2W-. The first-order valence-corrected chi connectivity index (χ1v) is 6.68. The van der Waals surface area contributed by atoms with Crippen LogP contribution in [0.15, 0.2) is 48.5 Å². The van der Waals surface area contributed by atoms with Crippen molar-refractivity contribution in [3.63, 3.8) is 0 Å². The van der Waals surface area contributed by atoms with E-state index in [4.69, 9.17) is 4.74 Å². The summed E-state index contributed by atoms with van der Waals surface area (Å²) in [7, 11) is 1.37. The van der Waals surface area contributed by atoms with Gasteiger partial charge in [-0.3, -0.25) is 0 Å². The van der Waals surface area contributed by atoms with Crippen molar-refractivity contribution in [3.8, 4) is 0 Å². The third kappa shape index (κ3) is 6.13.